The summed E-state index contributed by atoms with van der Waals surface area (Å²) in [5, 5.41) is 9.55. The van der Waals surface area contributed by atoms with Crippen molar-refractivity contribution in [2.75, 3.05) is 0 Å². The number of hydrogen-bond acceptors (Lipinski definition) is 3. The molecule has 0 saturated carbocycles. The van der Waals surface area contributed by atoms with Crippen molar-refractivity contribution in [3.05, 3.63) is 41.6 Å². The summed E-state index contributed by atoms with van der Waals surface area (Å²) in [6, 6.07) is 5.36. The summed E-state index contributed by atoms with van der Waals surface area (Å²) >= 11 is 0. The van der Waals surface area contributed by atoms with Crippen molar-refractivity contribution in [3.8, 4) is 0 Å². The van der Waals surface area contributed by atoms with E-state index in [9.17, 15) is 4.79 Å². The Balaban J connectivity index is 1.95. The van der Waals surface area contributed by atoms with Crippen LogP contribution in [0.2, 0.25) is 0 Å². The standard InChI is InChI=1S/C12H15N3O2/c1-8(2)10-6-11(15-14-10)12(16)13-7-9-4-3-5-17-9/h3-6,8H,7H2,1-2H3,(H,13,16)(H,14,15). The van der Waals surface area contributed by atoms with Gasteiger partial charge in [-0.3, -0.25) is 9.89 Å². The molecule has 0 fully saturated rings. The molecule has 5 nitrogen and oxygen atoms in total. The van der Waals surface area contributed by atoms with Crippen LogP contribution < -0.4 is 5.32 Å². The minimum atomic E-state index is -0.204. The van der Waals surface area contributed by atoms with E-state index in [2.05, 4.69) is 15.5 Å². The quantitative estimate of drug-likeness (QED) is 0.849. The number of aromatic nitrogens is 2. The van der Waals surface area contributed by atoms with Crippen LogP contribution in [0, 0.1) is 0 Å². The van der Waals surface area contributed by atoms with Crippen LogP contribution >= 0.6 is 0 Å². The summed E-state index contributed by atoms with van der Waals surface area (Å²) in [7, 11) is 0. The van der Waals surface area contributed by atoms with E-state index in [1.54, 1.807) is 18.4 Å². The van der Waals surface area contributed by atoms with E-state index in [1.165, 1.54) is 0 Å². The topological polar surface area (TPSA) is 70.9 Å². The average molecular weight is 233 g/mol. The number of aromatic amines is 1. The van der Waals surface area contributed by atoms with Crippen molar-refractivity contribution in [2.24, 2.45) is 0 Å². The fourth-order valence-electron chi connectivity index (χ4n) is 1.42. The van der Waals surface area contributed by atoms with Gasteiger partial charge >= 0.3 is 0 Å². The maximum absolute atomic E-state index is 11.7. The minimum Gasteiger partial charge on any atom is -0.467 e. The molecular weight excluding hydrogens is 218 g/mol. The molecule has 2 N–H and O–H groups in total. The lowest BCUT2D eigenvalue weighted by atomic mass is 10.1. The molecule has 17 heavy (non-hydrogen) atoms. The van der Waals surface area contributed by atoms with E-state index in [4.69, 9.17) is 4.42 Å². The highest BCUT2D eigenvalue weighted by Crippen LogP contribution is 2.11. The molecule has 1 amide bonds. The molecule has 0 spiro atoms. The van der Waals surface area contributed by atoms with E-state index in [0.717, 1.165) is 11.5 Å². The summed E-state index contributed by atoms with van der Waals surface area (Å²) in [4.78, 5) is 11.7. The summed E-state index contributed by atoms with van der Waals surface area (Å²) in [5.41, 5.74) is 1.36. The number of amides is 1. The molecule has 0 unspecified atom stereocenters. The number of furan rings is 1. The van der Waals surface area contributed by atoms with Gasteiger partial charge in [0.1, 0.15) is 11.5 Å². The van der Waals surface area contributed by atoms with Gasteiger partial charge in [-0.15, -0.1) is 0 Å². The lowest BCUT2D eigenvalue weighted by Crippen LogP contribution is -2.22. The molecule has 0 atom stereocenters. The van der Waals surface area contributed by atoms with Crippen LogP contribution in [-0.4, -0.2) is 16.1 Å². The van der Waals surface area contributed by atoms with Crippen molar-refractivity contribution < 1.29 is 9.21 Å². The molecular formula is C12H15N3O2. The fourth-order valence-corrected chi connectivity index (χ4v) is 1.42. The Labute approximate surface area is 99.2 Å². The Kier molecular flexibility index (Phi) is 3.27. The number of nitrogens with zero attached hydrogens (tertiary/aromatic N) is 1. The highest BCUT2D eigenvalue weighted by molar-refractivity contribution is 5.92. The van der Waals surface area contributed by atoms with Gasteiger partial charge in [0.05, 0.1) is 12.8 Å². The van der Waals surface area contributed by atoms with Gasteiger partial charge in [0, 0.05) is 5.69 Å². The summed E-state index contributed by atoms with van der Waals surface area (Å²) in [5.74, 6) is 0.844. The van der Waals surface area contributed by atoms with Crippen molar-refractivity contribution in [1.82, 2.24) is 15.5 Å². The average Bonchev–Trinajstić information content (AvgIpc) is 2.96. The van der Waals surface area contributed by atoms with Gasteiger partial charge in [0.25, 0.3) is 5.91 Å². The Morgan fingerprint density at radius 3 is 3.00 bits per heavy atom. The maximum atomic E-state index is 11.7. The molecule has 2 heterocycles. The van der Waals surface area contributed by atoms with Crippen molar-refractivity contribution in [1.29, 1.82) is 0 Å². The highest BCUT2D eigenvalue weighted by Gasteiger charge is 2.11. The Morgan fingerprint density at radius 2 is 2.41 bits per heavy atom. The molecule has 5 heteroatoms. The number of H-pyrrole nitrogens is 1. The number of carbonyl (C=O) groups excluding carboxylic acids is 1. The normalized spacial score (nSPS) is 10.8. The molecule has 0 aromatic carbocycles. The van der Waals surface area contributed by atoms with Crippen molar-refractivity contribution in [2.45, 2.75) is 26.3 Å². The van der Waals surface area contributed by atoms with Crippen LogP contribution in [0.25, 0.3) is 0 Å². The molecule has 0 aliphatic rings. The Morgan fingerprint density at radius 1 is 1.59 bits per heavy atom. The lowest BCUT2D eigenvalue weighted by Gasteiger charge is -1.99. The van der Waals surface area contributed by atoms with Crippen LogP contribution in [0.15, 0.2) is 28.9 Å². The summed E-state index contributed by atoms with van der Waals surface area (Å²) in [6.07, 6.45) is 1.58. The SMILES string of the molecule is CC(C)c1cc(C(=O)NCc2ccco2)n[nH]1. The zero-order valence-electron chi connectivity index (χ0n) is 9.86. The second-order valence-corrected chi connectivity index (χ2v) is 4.13. The van der Waals surface area contributed by atoms with Gasteiger partial charge in [-0.05, 0) is 24.1 Å². The predicted molar refractivity (Wildman–Crippen MR) is 62.6 cm³/mol. The monoisotopic (exact) mass is 233 g/mol. The lowest BCUT2D eigenvalue weighted by molar-refractivity contribution is 0.0943. The fraction of sp³-hybridized carbons (Fsp3) is 0.333. The summed E-state index contributed by atoms with van der Waals surface area (Å²) in [6.45, 7) is 4.45. The van der Waals surface area contributed by atoms with E-state index in [-0.39, 0.29) is 5.91 Å². The van der Waals surface area contributed by atoms with E-state index < -0.39 is 0 Å². The predicted octanol–water partition coefficient (Wildman–Crippen LogP) is 2.06. The third-order valence-electron chi connectivity index (χ3n) is 2.46. The Bertz CT molecular complexity index is 486. The third-order valence-corrected chi connectivity index (χ3v) is 2.46. The van der Waals surface area contributed by atoms with E-state index in [0.29, 0.717) is 18.2 Å². The molecule has 2 rings (SSSR count). The largest absolute Gasteiger partial charge is 0.467 e. The van der Waals surface area contributed by atoms with Gasteiger partial charge in [0.15, 0.2) is 0 Å². The second kappa shape index (κ2) is 4.86. The van der Waals surface area contributed by atoms with Gasteiger partial charge in [0.2, 0.25) is 0 Å². The van der Waals surface area contributed by atoms with Crippen LogP contribution in [0.3, 0.4) is 0 Å². The van der Waals surface area contributed by atoms with Gasteiger partial charge < -0.3 is 9.73 Å². The van der Waals surface area contributed by atoms with Crippen molar-refractivity contribution in [3.63, 3.8) is 0 Å². The van der Waals surface area contributed by atoms with Gasteiger partial charge in [-0.25, -0.2) is 0 Å². The molecule has 0 bridgehead atoms. The molecule has 0 radical (unpaired) electrons. The smallest absolute Gasteiger partial charge is 0.272 e. The van der Waals surface area contributed by atoms with Crippen LogP contribution in [0.1, 0.15) is 41.7 Å². The first-order chi connectivity index (χ1) is 8.16. The van der Waals surface area contributed by atoms with Crippen LogP contribution in [0.5, 0.6) is 0 Å². The van der Waals surface area contributed by atoms with Gasteiger partial charge in [-0.1, -0.05) is 13.8 Å². The highest BCUT2D eigenvalue weighted by atomic mass is 16.3. The first-order valence-electron chi connectivity index (χ1n) is 5.52. The Hall–Kier alpha value is -2.04. The molecule has 2 aromatic rings. The molecule has 0 aliphatic carbocycles. The minimum absolute atomic E-state index is 0.204. The number of carbonyl (C=O) groups is 1. The molecule has 0 saturated heterocycles. The van der Waals surface area contributed by atoms with Crippen LogP contribution in [-0.2, 0) is 6.54 Å². The first-order valence-corrected chi connectivity index (χ1v) is 5.52. The van der Waals surface area contributed by atoms with E-state index in [1.807, 2.05) is 19.9 Å². The van der Waals surface area contributed by atoms with Gasteiger partial charge in [-0.2, -0.15) is 5.10 Å². The maximum Gasteiger partial charge on any atom is 0.272 e. The molecule has 0 aliphatic heterocycles. The second-order valence-electron chi connectivity index (χ2n) is 4.13. The first kappa shape index (κ1) is 11.4. The van der Waals surface area contributed by atoms with Crippen molar-refractivity contribution >= 4 is 5.91 Å². The summed E-state index contributed by atoms with van der Waals surface area (Å²) < 4.78 is 5.12. The molecule has 2 aromatic heterocycles. The number of nitrogens with one attached hydrogen (secondary N) is 2. The molecule has 90 valence electrons. The number of rotatable bonds is 4. The third kappa shape index (κ3) is 2.75. The number of hydrogen-bond donors (Lipinski definition) is 2. The van der Waals surface area contributed by atoms with E-state index >= 15 is 0 Å². The zero-order valence-corrected chi connectivity index (χ0v) is 9.86. The zero-order chi connectivity index (χ0) is 12.3. The van der Waals surface area contributed by atoms with Crippen LogP contribution in [0.4, 0.5) is 0 Å².